The van der Waals surface area contributed by atoms with Crippen LogP contribution in [0.25, 0.3) is 10.3 Å². The standard InChI is InChI=1S/C16H18N6OS2/c1-3-9(18)6-11-21-15-14(25-11)10(7-17)13(22(15)2)16(23)20-8-12-19-4-5-24-12/h3-5,7,17H,6,8,18H2,1-2H3,(H,20,23)/b9-3-,17-7?. The van der Waals surface area contributed by atoms with Crippen molar-refractivity contribution >= 4 is 45.1 Å². The Hall–Kier alpha value is -2.52. The van der Waals surface area contributed by atoms with Crippen molar-refractivity contribution in [2.24, 2.45) is 12.8 Å². The van der Waals surface area contributed by atoms with Crippen molar-refractivity contribution in [3.05, 3.63) is 44.6 Å². The molecular weight excluding hydrogens is 356 g/mol. The van der Waals surface area contributed by atoms with E-state index in [9.17, 15) is 4.79 Å². The highest BCUT2D eigenvalue weighted by Gasteiger charge is 2.23. The Morgan fingerprint density at radius 3 is 2.92 bits per heavy atom. The lowest BCUT2D eigenvalue weighted by Gasteiger charge is -2.06. The van der Waals surface area contributed by atoms with Crippen LogP contribution in [0.15, 0.2) is 23.3 Å². The Bertz CT molecular complexity index is 951. The van der Waals surface area contributed by atoms with Gasteiger partial charge in [0.1, 0.15) is 15.7 Å². The fraction of sp³-hybridized carbons (Fsp3) is 0.250. The first-order valence-electron chi connectivity index (χ1n) is 7.61. The van der Waals surface area contributed by atoms with Gasteiger partial charge in [-0.1, -0.05) is 6.08 Å². The Labute approximate surface area is 152 Å². The summed E-state index contributed by atoms with van der Waals surface area (Å²) in [5, 5.41) is 14.2. The molecule has 0 radical (unpaired) electrons. The first-order valence-corrected chi connectivity index (χ1v) is 9.30. The third kappa shape index (κ3) is 3.33. The average Bonchev–Trinajstić information content (AvgIpc) is 3.30. The van der Waals surface area contributed by atoms with Crippen LogP contribution in [0, 0.1) is 5.41 Å². The maximum Gasteiger partial charge on any atom is 0.269 e. The zero-order valence-corrected chi connectivity index (χ0v) is 15.5. The number of hydrogen-bond acceptors (Lipinski definition) is 7. The van der Waals surface area contributed by atoms with Crippen molar-refractivity contribution in [3.63, 3.8) is 0 Å². The minimum Gasteiger partial charge on any atom is -0.402 e. The van der Waals surface area contributed by atoms with Gasteiger partial charge in [0.05, 0.1) is 11.2 Å². The maximum absolute atomic E-state index is 12.6. The monoisotopic (exact) mass is 374 g/mol. The van der Waals surface area contributed by atoms with Crippen LogP contribution in [0.2, 0.25) is 0 Å². The van der Waals surface area contributed by atoms with E-state index >= 15 is 0 Å². The van der Waals surface area contributed by atoms with Gasteiger partial charge in [-0.3, -0.25) is 4.79 Å². The van der Waals surface area contributed by atoms with Crippen LogP contribution in [-0.2, 0) is 20.0 Å². The number of amides is 1. The van der Waals surface area contributed by atoms with E-state index in [-0.39, 0.29) is 5.91 Å². The summed E-state index contributed by atoms with van der Waals surface area (Å²) >= 11 is 2.95. The SMILES string of the molecule is C/C=C(\N)Cc1nc2c(s1)c(C=N)c(C(=O)NCc1nccs1)n2C. The highest BCUT2D eigenvalue weighted by atomic mass is 32.1. The minimum absolute atomic E-state index is 0.240. The van der Waals surface area contributed by atoms with Gasteiger partial charge in [-0.15, -0.1) is 22.7 Å². The van der Waals surface area contributed by atoms with Crippen LogP contribution in [0.3, 0.4) is 0 Å². The quantitative estimate of drug-likeness (QED) is 0.576. The molecule has 3 aromatic rings. The van der Waals surface area contributed by atoms with Crippen LogP contribution >= 0.6 is 22.7 Å². The fourth-order valence-electron chi connectivity index (χ4n) is 2.49. The predicted molar refractivity (Wildman–Crippen MR) is 101 cm³/mol. The second-order valence-electron chi connectivity index (χ2n) is 5.37. The molecule has 0 spiro atoms. The number of aryl methyl sites for hydroxylation is 1. The molecular formula is C16H18N6OS2. The van der Waals surface area contributed by atoms with E-state index in [0.717, 1.165) is 20.4 Å². The number of rotatable bonds is 6. The number of aromatic nitrogens is 3. The molecule has 0 aliphatic rings. The molecule has 7 nitrogen and oxygen atoms in total. The summed E-state index contributed by atoms with van der Waals surface area (Å²) in [6.07, 6.45) is 5.33. The van der Waals surface area contributed by atoms with Crippen LogP contribution in [0.4, 0.5) is 0 Å². The zero-order valence-electron chi connectivity index (χ0n) is 13.9. The third-order valence-corrected chi connectivity index (χ3v) is 5.63. The van der Waals surface area contributed by atoms with Gasteiger partial charge < -0.3 is 21.0 Å². The first-order chi connectivity index (χ1) is 12.0. The van der Waals surface area contributed by atoms with Gasteiger partial charge in [0.2, 0.25) is 0 Å². The fourth-order valence-corrected chi connectivity index (χ4v) is 4.19. The van der Waals surface area contributed by atoms with Crippen molar-refractivity contribution in [3.8, 4) is 0 Å². The summed E-state index contributed by atoms with van der Waals surface area (Å²) in [5.74, 6) is -0.240. The maximum atomic E-state index is 12.6. The van der Waals surface area contributed by atoms with Crippen LogP contribution in [0.1, 0.15) is 33.0 Å². The normalized spacial score (nSPS) is 11.8. The number of fused-ring (bicyclic) bond motifs is 1. The van der Waals surface area contributed by atoms with Crippen LogP contribution in [-0.4, -0.2) is 26.7 Å². The van der Waals surface area contributed by atoms with Gasteiger partial charge in [0.25, 0.3) is 5.91 Å². The Kier molecular flexibility index (Phi) is 4.95. The molecule has 0 atom stereocenters. The lowest BCUT2D eigenvalue weighted by molar-refractivity contribution is 0.0943. The van der Waals surface area contributed by atoms with E-state index in [0.29, 0.717) is 29.9 Å². The molecule has 9 heteroatoms. The Morgan fingerprint density at radius 1 is 1.48 bits per heavy atom. The largest absolute Gasteiger partial charge is 0.402 e. The summed E-state index contributed by atoms with van der Waals surface area (Å²) in [4.78, 5) is 21.3. The second kappa shape index (κ2) is 7.16. The highest BCUT2D eigenvalue weighted by molar-refractivity contribution is 7.19. The van der Waals surface area contributed by atoms with E-state index < -0.39 is 0 Å². The van der Waals surface area contributed by atoms with Crippen molar-refractivity contribution in [1.82, 2.24) is 19.9 Å². The molecule has 0 unspecified atom stereocenters. The predicted octanol–water partition coefficient (Wildman–Crippen LogP) is 2.42. The second-order valence-corrected chi connectivity index (χ2v) is 7.44. The summed E-state index contributed by atoms with van der Waals surface area (Å²) in [5.41, 5.74) is 8.34. The van der Waals surface area contributed by atoms with Crippen molar-refractivity contribution in [1.29, 1.82) is 5.41 Å². The lowest BCUT2D eigenvalue weighted by atomic mass is 10.2. The molecule has 0 saturated heterocycles. The van der Waals surface area contributed by atoms with E-state index in [1.165, 1.54) is 28.9 Å². The molecule has 1 amide bonds. The Balaban J connectivity index is 1.92. The molecule has 0 aliphatic heterocycles. The number of carbonyl (C=O) groups is 1. The number of nitrogens with one attached hydrogen (secondary N) is 2. The third-order valence-electron chi connectivity index (χ3n) is 3.78. The number of allylic oxidation sites excluding steroid dienone is 2. The smallest absolute Gasteiger partial charge is 0.269 e. The Morgan fingerprint density at radius 2 is 2.28 bits per heavy atom. The summed E-state index contributed by atoms with van der Waals surface area (Å²) in [6, 6.07) is 0. The number of hydrogen-bond donors (Lipinski definition) is 3. The number of nitrogens with two attached hydrogens (primary N) is 1. The van der Waals surface area contributed by atoms with Crippen LogP contribution in [0.5, 0.6) is 0 Å². The van der Waals surface area contributed by atoms with E-state index in [1.54, 1.807) is 17.8 Å². The number of thiazole rings is 2. The topological polar surface area (TPSA) is 110 Å². The van der Waals surface area contributed by atoms with Gasteiger partial charge in [-0.05, 0) is 6.92 Å². The van der Waals surface area contributed by atoms with Gasteiger partial charge in [-0.2, -0.15) is 0 Å². The molecule has 0 saturated carbocycles. The lowest BCUT2D eigenvalue weighted by Crippen LogP contribution is -2.26. The summed E-state index contributed by atoms with van der Waals surface area (Å²) in [6.45, 7) is 2.25. The molecule has 25 heavy (non-hydrogen) atoms. The van der Waals surface area contributed by atoms with Crippen molar-refractivity contribution < 1.29 is 4.79 Å². The number of carbonyl (C=O) groups excluding carboxylic acids is 1. The van der Waals surface area contributed by atoms with Crippen molar-refractivity contribution in [2.75, 3.05) is 0 Å². The average molecular weight is 374 g/mol. The van der Waals surface area contributed by atoms with Gasteiger partial charge >= 0.3 is 0 Å². The molecule has 3 heterocycles. The highest BCUT2D eigenvalue weighted by Crippen LogP contribution is 2.30. The summed E-state index contributed by atoms with van der Waals surface area (Å²) in [7, 11) is 1.79. The molecule has 0 aliphatic carbocycles. The van der Waals surface area contributed by atoms with Gasteiger partial charge in [-0.25, -0.2) is 9.97 Å². The van der Waals surface area contributed by atoms with Crippen LogP contribution < -0.4 is 11.1 Å². The molecule has 3 aromatic heterocycles. The number of nitrogens with zero attached hydrogens (tertiary/aromatic N) is 3. The van der Waals surface area contributed by atoms with E-state index in [4.69, 9.17) is 11.1 Å². The molecule has 0 aromatic carbocycles. The van der Waals surface area contributed by atoms with Gasteiger partial charge in [0.15, 0.2) is 5.65 Å². The molecule has 130 valence electrons. The van der Waals surface area contributed by atoms with E-state index in [1.807, 2.05) is 18.4 Å². The van der Waals surface area contributed by atoms with Crippen molar-refractivity contribution in [2.45, 2.75) is 19.9 Å². The minimum atomic E-state index is -0.240. The molecule has 0 bridgehead atoms. The zero-order chi connectivity index (χ0) is 18.0. The van der Waals surface area contributed by atoms with Gasteiger partial charge in [0, 0.05) is 42.5 Å². The molecule has 3 rings (SSSR count). The molecule has 4 N–H and O–H groups in total. The molecule has 0 fully saturated rings. The summed E-state index contributed by atoms with van der Waals surface area (Å²) < 4.78 is 2.56. The van der Waals surface area contributed by atoms with E-state index in [2.05, 4.69) is 15.3 Å². The first kappa shape index (κ1) is 17.3.